The molecule has 1 unspecified atom stereocenters. The number of furan rings is 1. The molecule has 0 saturated heterocycles. The second kappa shape index (κ2) is 10.5. The van der Waals surface area contributed by atoms with Gasteiger partial charge in [0.2, 0.25) is 0 Å². The standard InChI is InChI=1S/C27H21BrN2O4S2/c1-3-33-26(32)22-23(16-7-5-4-6-8-16)29-27-30(24(22)17-9-12-19(35-2)13-10-17)25(31)20(36-27)15-18-11-14-21(28)34-18/h4-15,24H,3H2,1-2H3/b20-15-. The van der Waals surface area contributed by atoms with Crippen LogP contribution < -0.4 is 14.9 Å². The number of fused-ring (bicyclic) bond motifs is 1. The average molecular weight is 582 g/mol. The van der Waals surface area contributed by atoms with Gasteiger partial charge in [-0.15, -0.1) is 11.8 Å². The monoisotopic (exact) mass is 580 g/mol. The van der Waals surface area contributed by atoms with Crippen molar-refractivity contribution in [3.63, 3.8) is 0 Å². The van der Waals surface area contributed by atoms with Gasteiger partial charge in [0.25, 0.3) is 5.56 Å². The Labute approximate surface area is 223 Å². The number of esters is 1. The van der Waals surface area contributed by atoms with Crippen LogP contribution in [0.2, 0.25) is 0 Å². The van der Waals surface area contributed by atoms with Crippen LogP contribution in [0.15, 0.2) is 96.1 Å². The van der Waals surface area contributed by atoms with Crippen LogP contribution in [0.4, 0.5) is 0 Å². The number of thioether (sulfide) groups is 1. The van der Waals surface area contributed by atoms with Crippen LogP contribution in [-0.4, -0.2) is 23.4 Å². The maximum absolute atomic E-state index is 13.8. The minimum atomic E-state index is -0.697. The molecule has 182 valence electrons. The van der Waals surface area contributed by atoms with Gasteiger partial charge in [-0.1, -0.05) is 53.8 Å². The summed E-state index contributed by atoms with van der Waals surface area (Å²) < 4.78 is 13.7. The van der Waals surface area contributed by atoms with Gasteiger partial charge >= 0.3 is 5.97 Å². The molecule has 0 fully saturated rings. The van der Waals surface area contributed by atoms with Gasteiger partial charge in [0, 0.05) is 16.5 Å². The van der Waals surface area contributed by atoms with Crippen LogP contribution in [0.25, 0.3) is 11.8 Å². The van der Waals surface area contributed by atoms with Crippen LogP contribution in [0, 0.1) is 0 Å². The van der Waals surface area contributed by atoms with E-state index in [-0.39, 0.29) is 12.2 Å². The Kier molecular flexibility index (Phi) is 7.13. The SMILES string of the molecule is CCOC(=O)C1=C(c2ccccc2)N=c2s/c(=C\c3ccc(Br)o3)c(=O)n2C1c1ccc(SC)cc1. The third-order valence-electron chi connectivity index (χ3n) is 5.67. The maximum Gasteiger partial charge on any atom is 0.338 e. The Morgan fingerprint density at radius 1 is 1.17 bits per heavy atom. The molecule has 1 aliphatic rings. The molecule has 36 heavy (non-hydrogen) atoms. The number of halogens is 1. The van der Waals surface area contributed by atoms with Crippen molar-refractivity contribution in [3.05, 3.63) is 114 Å². The van der Waals surface area contributed by atoms with Crippen molar-refractivity contribution in [3.8, 4) is 0 Å². The lowest BCUT2D eigenvalue weighted by molar-refractivity contribution is -0.138. The number of rotatable bonds is 6. The highest BCUT2D eigenvalue weighted by Gasteiger charge is 2.35. The number of thiazole rings is 1. The summed E-state index contributed by atoms with van der Waals surface area (Å²) in [7, 11) is 0. The first-order valence-electron chi connectivity index (χ1n) is 11.2. The molecule has 3 heterocycles. The molecule has 0 bridgehead atoms. The van der Waals surface area contributed by atoms with Crippen LogP contribution in [0.5, 0.6) is 0 Å². The summed E-state index contributed by atoms with van der Waals surface area (Å²) in [5.41, 5.74) is 2.16. The smallest absolute Gasteiger partial charge is 0.338 e. The van der Waals surface area contributed by atoms with E-state index in [9.17, 15) is 9.59 Å². The number of aromatic nitrogens is 1. The van der Waals surface area contributed by atoms with Gasteiger partial charge in [-0.25, -0.2) is 9.79 Å². The van der Waals surface area contributed by atoms with Crippen molar-refractivity contribution in [1.82, 2.24) is 4.57 Å². The lowest BCUT2D eigenvalue weighted by atomic mass is 9.93. The Bertz CT molecular complexity index is 1630. The molecule has 0 radical (unpaired) electrons. The number of carbonyl (C=O) groups is 1. The molecule has 0 amide bonds. The molecule has 2 aromatic carbocycles. The molecular formula is C27H21BrN2O4S2. The number of benzene rings is 2. The van der Waals surface area contributed by atoms with E-state index in [1.807, 2.05) is 60.9 Å². The first-order valence-corrected chi connectivity index (χ1v) is 14.0. The minimum Gasteiger partial charge on any atom is -0.463 e. The van der Waals surface area contributed by atoms with Gasteiger partial charge in [-0.2, -0.15) is 0 Å². The summed E-state index contributed by atoms with van der Waals surface area (Å²) in [5, 5.41) is 0. The highest BCUT2D eigenvalue weighted by molar-refractivity contribution is 9.10. The zero-order valence-corrected chi connectivity index (χ0v) is 22.7. The first-order chi connectivity index (χ1) is 17.5. The molecule has 1 atom stereocenters. The van der Waals surface area contributed by atoms with E-state index in [4.69, 9.17) is 14.1 Å². The summed E-state index contributed by atoms with van der Waals surface area (Å²) in [6.45, 7) is 1.97. The average Bonchev–Trinajstić information content (AvgIpc) is 3.45. The van der Waals surface area contributed by atoms with Crippen molar-refractivity contribution >= 4 is 56.8 Å². The predicted octanol–water partition coefficient (Wildman–Crippen LogP) is 5.01. The number of hydrogen-bond acceptors (Lipinski definition) is 7. The van der Waals surface area contributed by atoms with Gasteiger partial charge in [0.05, 0.1) is 28.5 Å². The fourth-order valence-electron chi connectivity index (χ4n) is 4.08. The Morgan fingerprint density at radius 3 is 2.56 bits per heavy atom. The molecule has 0 spiro atoms. The molecule has 2 aromatic heterocycles. The van der Waals surface area contributed by atoms with E-state index in [1.165, 1.54) is 11.3 Å². The van der Waals surface area contributed by atoms with E-state index in [2.05, 4.69) is 15.9 Å². The van der Waals surface area contributed by atoms with E-state index < -0.39 is 12.0 Å². The fourth-order valence-corrected chi connectivity index (χ4v) is 5.79. The lowest BCUT2D eigenvalue weighted by Crippen LogP contribution is -2.40. The number of carbonyl (C=O) groups excluding carboxylic acids is 1. The largest absolute Gasteiger partial charge is 0.463 e. The highest BCUT2D eigenvalue weighted by Crippen LogP contribution is 2.35. The van der Waals surface area contributed by atoms with E-state index in [1.54, 1.807) is 41.5 Å². The quantitative estimate of drug-likeness (QED) is 0.237. The molecular weight excluding hydrogens is 560 g/mol. The molecule has 6 nitrogen and oxygen atoms in total. The van der Waals surface area contributed by atoms with Gasteiger partial charge in [0.15, 0.2) is 9.47 Å². The molecule has 4 aromatic rings. The second-order valence-electron chi connectivity index (χ2n) is 7.85. The minimum absolute atomic E-state index is 0.209. The van der Waals surface area contributed by atoms with Crippen molar-refractivity contribution in [2.45, 2.75) is 17.9 Å². The van der Waals surface area contributed by atoms with Crippen molar-refractivity contribution < 1.29 is 13.9 Å². The van der Waals surface area contributed by atoms with Gasteiger partial charge < -0.3 is 9.15 Å². The molecule has 0 aliphatic carbocycles. The maximum atomic E-state index is 13.8. The summed E-state index contributed by atoms with van der Waals surface area (Å²) >= 11 is 6.19. The fraction of sp³-hybridized carbons (Fsp3) is 0.148. The zero-order chi connectivity index (χ0) is 25.2. The number of hydrogen-bond donors (Lipinski definition) is 0. The number of nitrogens with zero attached hydrogens (tertiary/aromatic N) is 2. The van der Waals surface area contributed by atoms with E-state index in [0.717, 1.165) is 16.0 Å². The predicted molar refractivity (Wildman–Crippen MR) is 146 cm³/mol. The van der Waals surface area contributed by atoms with Gasteiger partial charge in [0.1, 0.15) is 5.76 Å². The van der Waals surface area contributed by atoms with Crippen LogP contribution >= 0.6 is 39.0 Å². The second-order valence-corrected chi connectivity index (χ2v) is 10.5. The normalized spacial score (nSPS) is 15.5. The van der Waals surface area contributed by atoms with Crippen LogP contribution in [0.1, 0.15) is 29.9 Å². The van der Waals surface area contributed by atoms with Crippen molar-refractivity contribution in [2.24, 2.45) is 4.99 Å². The summed E-state index contributed by atoms with van der Waals surface area (Å²) in [6.07, 6.45) is 3.70. The summed E-state index contributed by atoms with van der Waals surface area (Å²) in [4.78, 5) is 33.6. The van der Waals surface area contributed by atoms with Gasteiger partial charge in [-0.05, 0) is 58.9 Å². The highest BCUT2D eigenvalue weighted by atomic mass is 79.9. The number of ether oxygens (including phenoxy) is 1. The molecule has 0 saturated carbocycles. The van der Waals surface area contributed by atoms with E-state index >= 15 is 0 Å². The van der Waals surface area contributed by atoms with Crippen LogP contribution in [-0.2, 0) is 9.53 Å². The van der Waals surface area contributed by atoms with Gasteiger partial charge in [-0.3, -0.25) is 9.36 Å². The van der Waals surface area contributed by atoms with Crippen LogP contribution in [0.3, 0.4) is 0 Å². The lowest BCUT2D eigenvalue weighted by Gasteiger charge is -2.26. The van der Waals surface area contributed by atoms with Crippen molar-refractivity contribution in [1.29, 1.82) is 0 Å². The van der Waals surface area contributed by atoms with Crippen molar-refractivity contribution in [2.75, 3.05) is 12.9 Å². The third kappa shape index (κ3) is 4.66. The Hall–Kier alpha value is -3.14. The van der Waals surface area contributed by atoms with E-state index in [0.29, 0.717) is 31.0 Å². The Morgan fingerprint density at radius 2 is 1.92 bits per heavy atom. The Balaban J connectivity index is 1.82. The molecule has 0 N–H and O–H groups in total. The molecule has 5 rings (SSSR count). The summed E-state index contributed by atoms with van der Waals surface area (Å²) in [5.74, 6) is 0.0456. The molecule has 1 aliphatic heterocycles. The summed E-state index contributed by atoms with van der Waals surface area (Å²) in [6, 6.07) is 20.2. The third-order valence-corrected chi connectivity index (χ3v) is 7.83. The first kappa shape index (κ1) is 24.5. The topological polar surface area (TPSA) is 73.8 Å². The zero-order valence-electron chi connectivity index (χ0n) is 19.4. The molecule has 9 heteroatoms.